The summed E-state index contributed by atoms with van der Waals surface area (Å²) in [5.41, 5.74) is -0.244. The van der Waals surface area contributed by atoms with Crippen LogP contribution in [0.3, 0.4) is 0 Å². The molecule has 0 radical (unpaired) electrons. The second kappa shape index (κ2) is 6.05. The third-order valence-electron chi connectivity index (χ3n) is 2.52. The molecular weight excluding hydrogens is 395 g/mol. The summed E-state index contributed by atoms with van der Waals surface area (Å²) in [4.78, 5) is 10.9. The first-order chi connectivity index (χ1) is 9.92. The average Bonchev–Trinajstić information content (AvgIpc) is 2.44. The van der Waals surface area contributed by atoms with Gasteiger partial charge in [-0.25, -0.2) is 13.6 Å². The maximum Gasteiger partial charge on any atom is 0.335 e. The monoisotopic (exact) mass is 401 g/mol. The molecule has 0 heterocycles. The van der Waals surface area contributed by atoms with Crippen LogP contribution < -0.4 is 4.74 Å². The van der Waals surface area contributed by atoms with Gasteiger partial charge in [0.05, 0.1) is 20.8 Å². The van der Waals surface area contributed by atoms with Gasteiger partial charge in [-0.05, 0) is 52.9 Å². The van der Waals surface area contributed by atoms with Gasteiger partial charge in [0.25, 0.3) is 0 Å². The van der Waals surface area contributed by atoms with Crippen LogP contribution in [0.2, 0.25) is 0 Å². The van der Waals surface area contributed by atoms with Crippen LogP contribution in [0.25, 0.3) is 0 Å². The first kappa shape index (κ1) is 15.2. The molecule has 0 saturated carbocycles. The number of carbonyl (C=O) groups is 1. The van der Waals surface area contributed by atoms with Crippen molar-refractivity contribution in [1.82, 2.24) is 0 Å². The molecule has 0 aliphatic rings. The number of hydrogen-bond acceptors (Lipinski definition) is 3. The molecule has 0 atom stereocenters. The molecule has 0 aromatic heterocycles. The zero-order valence-electron chi connectivity index (χ0n) is 10.2. The molecule has 7 heteroatoms. The lowest BCUT2D eigenvalue weighted by molar-refractivity contribution is 0.0696. The number of nitriles is 1. The predicted octanol–water partition coefficient (Wildman–Crippen LogP) is 3.93. The highest BCUT2D eigenvalue weighted by Gasteiger charge is 2.16. The summed E-state index contributed by atoms with van der Waals surface area (Å²) in [6.45, 7) is 0. The molecule has 0 aliphatic carbocycles. The summed E-state index contributed by atoms with van der Waals surface area (Å²) in [5.74, 6) is -3.93. The molecule has 106 valence electrons. The lowest BCUT2D eigenvalue weighted by Gasteiger charge is -2.10. The van der Waals surface area contributed by atoms with E-state index in [1.165, 1.54) is 18.2 Å². The zero-order chi connectivity index (χ0) is 15.6. The second-order valence-corrected chi connectivity index (χ2v) is 5.10. The Hall–Kier alpha value is -2.21. The van der Waals surface area contributed by atoms with Gasteiger partial charge in [-0.3, -0.25) is 0 Å². The van der Waals surface area contributed by atoms with Gasteiger partial charge < -0.3 is 9.84 Å². The zero-order valence-corrected chi connectivity index (χ0v) is 12.4. The van der Waals surface area contributed by atoms with Crippen molar-refractivity contribution in [1.29, 1.82) is 5.26 Å². The Morgan fingerprint density at radius 1 is 1.24 bits per heavy atom. The van der Waals surface area contributed by atoms with Crippen molar-refractivity contribution in [2.45, 2.75) is 0 Å². The van der Waals surface area contributed by atoms with E-state index in [2.05, 4.69) is 0 Å². The molecule has 0 bridgehead atoms. The Kier molecular flexibility index (Phi) is 4.37. The van der Waals surface area contributed by atoms with E-state index in [1.54, 1.807) is 6.07 Å². The number of benzene rings is 2. The number of nitrogens with zero attached hydrogens (tertiary/aromatic N) is 1. The third kappa shape index (κ3) is 3.28. The molecule has 2 aromatic carbocycles. The van der Waals surface area contributed by atoms with Crippen molar-refractivity contribution in [3.63, 3.8) is 0 Å². The summed E-state index contributed by atoms with van der Waals surface area (Å²) in [6, 6.07) is 7.27. The summed E-state index contributed by atoms with van der Waals surface area (Å²) in [6.07, 6.45) is 0. The molecule has 0 saturated heterocycles. The lowest BCUT2D eigenvalue weighted by Crippen LogP contribution is -2.00. The van der Waals surface area contributed by atoms with Crippen LogP contribution in [-0.2, 0) is 0 Å². The fraction of sp³-hybridized carbons (Fsp3) is 0. The largest absolute Gasteiger partial charge is 0.478 e. The van der Waals surface area contributed by atoms with E-state index in [4.69, 9.17) is 15.1 Å². The number of carboxylic acids is 1. The molecule has 2 rings (SSSR count). The summed E-state index contributed by atoms with van der Waals surface area (Å²) < 4.78 is 33.1. The van der Waals surface area contributed by atoms with E-state index in [0.29, 0.717) is 3.57 Å². The molecule has 4 nitrogen and oxygen atoms in total. The Bertz CT molecular complexity index is 748. The second-order valence-electron chi connectivity index (χ2n) is 3.93. The van der Waals surface area contributed by atoms with Gasteiger partial charge in [0.2, 0.25) is 0 Å². The fourth-order valence-corrected chi connectivity index (χ4v) is 1.99. The molecular formula is C14H6F2INO3. The summed E-state index contributed by atoms with van der Waals surface area (Å²) >= 11 is 1.85. The van der Waals surface area contributed by atoms with E-state index in [-0.39, 0.29) is 16.9 Å². The van der Waals surface area contributed by atoms with Gasteiger partial charge in [0.15, 0.2) is 17.4 Å². The molecule has 0 spiro atoms. The van der Waals surface area contributed by atoms with Crippen molar-refractivity contribution in [2.75, 3.05) is 0 Å². The van der Waals surface area contributed by atoms with Crippen molar-refractivity contribution in [3.8, 4) is 17.6 Å². The predicted molar refractivity (Wildman–Crippen MR) is 77.3 cm³/mol. The van der Waals surface area contributed by atoms with Crippen molar-refractivity contribution < 1.29 is 23.4 Å². The van der Waals surface area contributed by atoms with Gasteiger partial charge in [0.1, 0.15) is 5.75 Å². The molecule has 1 N–H and O–H groups in total. The Morgan fingerprint density at radius 2 is 1.86 bits per heavy atom. The molecule has 0 unspecified atom stereocenters. The number of halogens is 3. The van der Waals surface area contributed by atoms with Crippen LogP contribution in [0.5, 0.6) is 11.5 Å². The quantitative estimate of drug-likeness (QED) is 0.792. The number of carboxylic acid groups (broad SMARTS) is 1. The number of rotatable bonds is 3. The molecule has 2 aromatic rings. The van der Waals surface area contributed by atoms with Crippen molar-refractivity contribution >= 4 is 28.6 Å². The minimum atomic E-state index is -1.18. The average molecular weight is 401 g/mol. The highest BCUT2D eigenvalue weighted by atomic mass is 127. The summed E-state index contributed by atoms with van der Waals surface area (Å²) in [5, 5.41) is 17.5. The van der Waals surface area contributed by atoms with Gasteiger partial charge in [-0.1, -0.05) is 0 Å². The van der Waals surface area contributed by atoms with Crippen LogP contribution in [0.4, 0.5) is 8.78 Å². The van der Waals surface area contributed by atoms with E-state index < -0.39 is 23.4 Å². The minimum Gasteiger partial charge on any atom is -0.478 e. The van der Waals surface area contributed by atoms with Gasteiger partial charge in [0, 0.05) is 0 Å². The maximum absolute atomic E-state index is 13.7. The highest BCUT2D eigenvalue weighted by molar-refractivity contribution is 14.1. The Labute approximate surface area is 131 Å². The van der Waals surface area contributed by atoms with E-state index in [1.807, 2.05) is 22.6 Å². The van der Waals surface area contributed by atoms with E-state index in [0.717, 1.165) is 12.1 Å². The molecule has 0 amide bonds. The topological polar surface area (TPSA) is 70.3 Å². The van der Waals surface area contributed by atoms with Crippen molar-refractivity contribution in [3.05, 3.63) is 56.7 Å². The van der Waals surface area contributed by atoms with E-state index >= 15 is 0 Å². The fourth-order valence-electron chi connectivity index (χ4n) is 1.55. The Morgan fingerprint density at radius 3 is 2.38 bits per heavy atom. The minimum absolute atomic E-state index is 0.0120. The van der Waals surface area contributed by atoms with Gasteiger partial charge in [-0.15, -0.1) is 0 Å². The SMILES string of the molecule is N#Cc1cc(F)c(Oc2cc(C(=O)O)ccc2I)c(F)c1. The summed E-state index contributed by atoms with van der Waals surface area (Å²) in [7, 11) is 0. The van der Waals surface area contributed by atoms with Crippen LogP contribution in [0.1, 0.15) is 15.9 Å². The molecule has 0 aliphatic heterocycles. The number of ether oxygens (including phenoxy) is 1. The maximum atomic E-state index is 13.7. The smallest absolute Gasteiger partial charge is 0.335 e. The van der Waals surface area contributed by atoms with Gasteiger partial charge >= 0.3 is 5.97 Å². The first-order valence-electron chi connectivity index (χ1n) is 5.52. The van der Waals surface area contributed by atoms with Crippen LogP contribution >= 0.6 is 22.6 Å². The van der Waals surface area contributed by atoms with Gasteiger partial charge in [-0.2, -0.15) is 5.26 Å². The number of aromatic carboxylic acids is 1. The van der Waals surface area contributed by atoms with E-state index in [9.17, 15) is 13.6 Å². The van der Waals surface area contributed by atoms with Crippen LogP contribution in [0, 0.1) is 26.5 Å². The third-order valence-corrected chi connectivity index (χ3v) is 3.41. The number of hydrogen-bond donors (Lipinski definition) is 1. The lowest BCUT2D eigenvalue weighted by atomic mass is 10.2. The standard InChI is InChI=1S/C14H6F2INO3/c15-9-3-7(6-18)4-10(16)13(9)21-12-5-8(14(19)20)1-2-11(12)17/h1-5H,(H,19,20). The first-order valence-corrected chi connectivity index (χ1v) is 6.60. The highest BCUT2D eigenvalue weighted by Crippen LogP contribution is 2.32. The molecule has 21 heavy (non-hydrogen) atoms. The molecule has 0 fully saturated rings. The van der Waals surface area contributed by atoms with Crippen LogP contribution in [0.15, 0.2) is 30.3 Å². The van der Waals surface area contributed by atoms with Crippen molar-refractivity contribution in [2.24, 2.45) is 0 Å². The van der Waals surface area contributed by atoms with Crippen LogP contribution in [-0.4, -0.2) is 11.1 Å². The normalized spacial score (nSPS) is 10.0. The Balaban J connectivity index is 2.46.